The maximum Gasteiger partial charge on any atom is 0.338 e. The van der Waals surface area contributed by atoms with E-state index in [0.717, 1.165) is 56.5 Å². The van der Waals surface area contributed by atoms with E-state index in [4.69, 9.17) is 9.47 Å². The fourth-order valence-corrected chi connectivity index (χ4v) is 2.89. The highest BCUT2D eigenvalue weighted by molar-refractivity contribution is 5.93. The number of hydrogen-bond acceptors (Lipinski definition) is 4. The number of fused-ring (bicyclic) bond motifs is 1. The van der Waals surface area contributed by atoms with Crippen LogP contribution in [0.2, 0.25) is 0 Å². The van der Waals surface area contributed by atoms with Crippen LogP contribution in [-0.2, 0) is 15.9 Å². The lowest BCUT2D eigenvalue weighted by Crippen LogP contribution is -2.26. The Kier molecular flexibility index (Phi) is 4.21. The highest BCUT2D eigenvalue weighted by Gasteiger charge is 2.20. The van der Waals surface area contributed by atoms with E-state index in [-0.39, 0.29) is 12.1 Å². The zero-order chi connectivity index (χ0) is 13.8. The molecule has 4 heteroatoms. The molecule has 2 aliphatic heterocycles. The largest absolute Gasteiger partial charge is 0.459 e. The number of esters is 1. The Bertz CT molecular complexity index is 481. The zero-order valence-electron chi connectivity index (χ0n) is 11.7. The number of nitrogens with one attached hydrogen (secondary N) is 1. The first kappa shape index (κ1) is 13.4. The molecule has 1 unspecified atom stereocenters. The minimum Gasteiger partial charge on any atom is -0.459 e. The lowest BCUT2D eigenvalue weighted by atomic mass is 9.98. The van der Waals surface area contributed by atoms with Crippen LogP contribution < -0.4 is 5.32 Å². The van der Waals surface area contributed by atoms with E-state index < -0.39 is 0 Å². The molecule has 1 saturated heterocycles. The van der Waals surface area contributed by atoms with Crippen LogP contribution in [0.15, 0.2) is 18.2 Å². The summed E-state index contributed by atoms with van der Waals surface area (Å²) in [5.41, 5.74) is 2.86. The van der Waals surface area contributed by atoms with Gasteiger partial charge in [0.2, 0.25) is 0 Å². The van der Waals surface area contributed by atoms with E-state index in [0.29, 0.717) is 12.2 Å². The number of carbonyl (C=O) groups excluding carboxylic acids is 1. The van der Waals surface area contributed by atoms with E-state index >= 15 is 0 Å². The van der Waals surface area contributed by atoms with Gasteiger partial charge < -0.3 is 14.8 Å². The van der Waals surface area contributed by atoms with Gasteiger partial charge >= 0.3 is 5.97 Å². The molecule has 4 nitrogen and oxygen atoms in total. The van der Waals surface area contributed by atoms with Crippen molar-refractivity contribution in [2.75, 3.05) is 25.1 Å². The van der Waals surface area contributed by atoms with Crippen molar-refractivity contribution >= 4 is 11.7 Å². The third-order valence-electron chi connectivity index (χ3n) is 3.99. The second-order valence-corrected chi connectivity index (χ2v) is 5.45. The first-order chi connectivity index (χ1) is 9.84. The lowest BCUT2D eigenvalue weighted by Gasteiger charge is -2.23. The summed E-state index contributed by atoms with van der Waals surface area (Å²) >= 11 is 0. The fraction of sp³-hybridized carbons (Fsp3) is 0.562. The van der Waals surface area contributed by atoms with E-state index in [1.165, 1.54) is 0 Å². The molecule has 0 amide bonds. The summed E-state index contributed by atoms with van der Waals surface area (Å²) in [6.07, 6.45) is 5.33. The topological polar surface area (TPSA) is 47.6 Å². The maximum absolute atomic E-state index is 12.3. The second-order valence-electron chi connectivity index (χ2n) is 5.45. The van der Waals surface area contributed by atoms with Gasteiger partial charge in [0.05, 0.1) is 11.7 Å². The average Bonchev–Trinajstić information content (AvgIpc) is 2.53. The molecule has 1 atom stereocenters. The maximum atomic E-state index is 12.3. The number of benzene rings is 1. The molecule has 1 fully saturated rings. The van der Waals surface area contributed by atoms with Gasteiger partial charge in [-0.2, -0.15) is 0 Å². The normalized spacial score (nSPS) is 21.7. The van der Waals surface area contributed by atoms with E-state index in [2.05, 4.69) is 5.32 Å². The number of rotatable bonds is 3. The molecule has 0 spiro atoms. The Morgan fingerprint density at radius 3 is 3.15 bits per heavy atom. The van der Waals surface area contributed by atoms with Crippen molar-refractivity contribution in [3.05, 3.63) is 29.3 Å². The predicted octanol–water partition coefficient (Wildman–Crippen LogP) is 2.77. The van der Waals surface area contributed by atoms with Crippen molar-refractivity contribution in [2.45, 2.75) is 38.2 Å². The SMILES string of the molecule is O=C(OCC1CCCCO1)c1cccc2c1CCCN2. The van der Waals surface area contributed by atoms with Gasteiger partial charge in [-0.05, 0) is 49.8 Å². The van der Waals surface area contributed by atoms with Crippen LogP contribution in [-0.4, -0.2) is 31.8 Å². The summed E-state index contributed by atoms with van der Waals surface area (Å²) in [6, 6.07) is 5.79. The second kappa shape index (κ2) is 6.27. The van der Waals surface area contributed by atoms with Gasteiger partial charge in [-0.1, -0.05) is 6.07 Å². The molecule has 20 heavy (non-hydrogen) atoms. The molecule has 2 heterocycles. The summed E-state index contributed by atoms with van der Waals surface area (Å²) in [7, 11) is 0. The Hall–Kier alpha value is -1.55. The Labute approximate surface area is 119 Å². The summed E-state index contributed by atoms with van der Waals surface area (Å²) in [4.78, 5) is 12.3. The van der Waals surface area contributed by atoms with Gasteiger partial charge in [0.25, 0.3) is 0 Å². The van der Waals surface area contributed by atoms with Gasteiger partial charge in [-0.3, -0.25) is 0 Å². The van der Waals surface area contributed by atoms with Crippen molar-refractivity contribution in [3.8, 4) is 0 Å². The van der Waals surface area contributed by atoms with Crippen molar-refractivity contribution < 1.29 is 14.3 Å². The molecule has 0 aromatic heterocycles. The van der Waals surface area contributed by atoms with Crippen LogP contribution >= 0.6 is 0 Å². The molecule has 0 bridgehead atoms. The smallest absolute Gasteiger partial charge is 0.338 e. The lowest BCUT2D eigenvalue weighted by molar-refractivity contribution is -0.0300. The molecule has 1 aromatic rings. The zero-order valence-corrected chi connectivity index (χ0v) is 11.7. The number of ether oxygens (including phenoxy) is 2. The van der Waals surface area contributed by atoms with Crippen molar-refractivity contribution in [1.29, 1.82) is 0 Å². The molecule has 3 rings (SSSR count). The third-order valence-corrected chi connectivity index (χ3v) is 3.99. The summed E-state index contributed by atoms with van der Waals surface area (Å²) in [5.74, 6) is -0.222. The number of hydrogen-bond donors (Lipinski definition) is 1. The molecule has 0 saturated carbocycles. The highest BCUT2D eigenvalue weighted by Crippen LogP contribution is 2.26. The molecular formula is C16H21NO3. The quantitative estimate of drug-likeness (QED) is 0.862. The number of carbonyl (C=O) groups is 1. The molecule has 108 valence electrons. The van der Waals surface area contributed by atoms with Crippen LogP contribution in [0, 0.1) is 0 Å². The van der Waals surface area contributed by atoms with E-state index in [1.54, 1.807) is 0 Å². The molecule has 2 aliphatic rings. The van der Waals surface area contributed by atoms with Gasteiger partial charge in [0, 0.05) is 18.8 Å². The molecular weight excluding hydrogens is 254 g/mol. The first-order valence-electron chi connectivity index (χ1n) is 7.49. The van der Waals surface area contributed by atoms with Crippen LogP contribution in [0.5, 0.6) is 0 Å². The standard InChI is InChI=1S/C16H21NO3/c18-16(20-11-12-5-1-2-10-19-12)14-6-3-8-15-13(14)7-4-9-17-15/h3,6,8,12,17H,1-2,4-5,7,9-11H2. The Balaban J connectivity index is 1.64. The predicted molar refractivity (Wildman–Crippen MR) is 77.1 cm³/mol. The molecule has 1 aromatic carbocycles. The molecule has 1 N–H and O–H groups in total. The summed E-state index contributed by atoms with van der Waals surface area (Å²) in [5, 5.41) is 3.33. The van der Waals surface area contributed by atoms with Crippen molar-refractivity contribution in [3.63, 3.8) is 0 Å². The fourth-order valence-electron chi connectivity index (χ4n) is 2.89. The van der Waals surface area contributed by atoms with E-state index in [1.807, 2.05) is 18.2 Å². The Morgan fingerprint density at radius 1 is 1.35 bits per heavy atom. The van der Waals surface area contributed by atoms with Gasteiger partial charge in [0.15, 0.2) is 0 Å². The minimum absolute atomic E-state index is 0.0744. The van der Waals surface area contributed by atoms with Crippen LogP contribution in [0.3, 0.4) is 0 Å². The van der Waals surface area contributed by atoms with Crippen molar-refractivity contribution in [1.82, 2.24) is 0 Å². The first-order valence-corrected chi connectivity index (χ1v) is 7.49. The van der Waals surface area contributed by atoms with Crippen LogP contribution in [0.25, 0.3) is 0 Å². The average molecular weight is 275 g/mol. The molecule has 0 aliphatic carbocycles. The highest BCUT2D eigenvalue weighted by atomic mass is 16.6. The minimum atomic E-state index is -0.222. The van der Waals surface area contributed by atoms with E-state index in [9.17, 15) is 4.79 Å². The van der Waals surface area contributed by atoms with Crippen LogP contribution in [0.1, 0.15) is 41.6 Å². The monoisotopic (exact) mass is 275 g/mol. The van der Waals surface area contributed by atoms with Crippen LogP contribution in [0.4, 0.5) is 5.69 Å². The summed E-state index contributed by atoms with van der Waals surface area (Å²) in [6.45, 7) is 2.13. The molecule has 0 radical (unpaired) electrons. The summed E-state index contributed by atoms with van der Waals surface area (Å²) < 4.78 is 11.0. The Morgan fingerprint density at radius 2 is 2.30 bits per heavy atom. The van der Waals surface area contributed by atoms with Gasteiger partial charge in [-0.25, -0.2) is 4.79 Å². The van der Waals surface area contributed by atoms with Gasteiger partial charge in [0.1, 0.15) is 6.61 Å². The third kappa shape index (κ3) is 2.96. The van der Waals surface area contributed by atoms with Crippen molar-refractivity contribution in [2.24, 2.45) is 0 Å². The van der Waals surface area contributed by atoms with Gasteiger partial charge in [-0.15, -0.1) is 0 Å². The number of anilines is 1.